The zero-order valence-corrected chi connectivity index (χ0v) is 18.9. The zero-order chi connectivity index (χ0) is 21.5. The van der Waals surface area contributed by atoms with Gasteiger partial charge in [0, 0.05) is 24.2 Å². The molecule has 0 aliphatic rings. The third kappa shape index (κ3) is 5.33. The summed E-state index contributed by atoms with van der Waals surface area (Å²) in [6, 6.07) is 41.0. The average Bonchev–Trinajstić information content (AvgIpc) is 2.81. The van der Waals surface area contributed by atoms with Crippen molar-refractivity contribution in [2.24, 2.45) is 0 Å². The predicted octanol–water partition coefficient (Wildman–Crippen LogP) is 7.40. The fraction of sp³-hybridized carbons (Fsp3) is 0.0714. The van der Waals surface area contributed by atoms with Gasteiger partial charge in [-0.2, -0.15) is 0 Å². The van der Waals surface area contributed by atoms with Crippen LogP contribution in [0.2, 0.25) is 13.1 Å². The summed E-state index contributed by atoms with van der Waals surface area (Å²) in [4.78, 5) is 0. The quantitative estimate of drug-likeness (QED) is 0.175. The Hall–Kier alpha value is -3.56. The third-order valence-electron chi connectivity index (χ3n) is 4.84. The van der Waals surface area contributed by atoms with Crippen LogP contribution in [0, 0.1) is 0 Å². The largest absolute Gasteiger partial charge is 0.512 e. The van der Waals surface area contributed by atoms with E-state index >= 15 is 0 Å². The highest BCUT2D eigenvalue weighted by Crippen LogP contribution is 2.35. The van der Waals surface area contributed by atoms with E-state index in [0.717, 1.165) is 33.8 Å². The molecule has 0 aliphatic heterocycles. The summed E-state index contributed by atoms with van der Waals surface area (Å²) < 4.78 is 13.2. The molecule has 0 radical (unpaired) electrons. The molecule has 4 rings (SSSR count). The first-order chi connectivity index (χ1) is 15.1. The topological polar surface area (TPSA) is 18.5 Å². The van der Waals surface area contributed by atoms with Gasteiger partial charge in [-0.15, -0.1) is 0 Å². The van der Waals surface area contributed by atoms with Crippen LogP contribution in [0.3, 0.4) is 0 Å². The Morgan fingerprint density at radius 1 is 0.516 bits per heavy atom. The van der Waals surface area contributed by atoms with Gasteiger partial charge in [-0.05, 0) is 23.3 Å². The molecule has 0 bridgehead atoms. The minimum Gasteiger partial charge on any atom is -0.512 e. The molecular formula is C28H26O2Si. The van der Waals surface area contributed by atoms with Crippen molar-refractivity contribution in [3.8, 4) is 5.75 Å². The smallest absolute Gasteiger partial charge is 0.454 e. The van der Waals surface area contributed by atoms with E-state index < -0.39 is 8.56 Å². The van der Waals surface area contributed by atoms with E-state index in [1.165, 1.54) is 0 Å². The van der Waals surface area contributed by atoms with E-state index in [0.29, 0.717) is 0 Å². The van der Waals surface area contributed by atoms with Gasteiger partial charge in [0.15, 0.2) is 0 Å². The van der Waals surface area contributed by atoms with Gasteiger partial charge in [0.1, 0.15) is 11.5 Å². The second-order valence-corrected chi connectivity index (χ2v) is 10.9. The molecule has 2 nitrogen and oxygen atoms in total. The van der Waals surface area contributed by atoms with Crippen LogP contribution >= 0.6 is 0 Å². The summed E-state index contributed by atoms with van der Waals surface area (Å²) in [5.41, 5.74) is 4.31. The summed E-state index contributed by atoms with van der Waals surface area (Å²) in [7, 11) is -2.58. The Morgan fingerprint density at radius 3 is 1.35 bits per heavy atom. The zero-order valence-electron chi connectivity index (χ0n) is 17.9. The first kappa shape index (κ1) is 20.7. The van der Waals surface area contributed by atoms with Crippen LogP contribution in [0.25, 0.3) is 11.3 Å². The van der Waals surface area contributed by atoms with E-state index in [4.69, 9.17) is 8.85 Å². The maximum Gasteiger partial charge on any atom is 0.454 e. The summed E-state index contributed by atoms with van der Waals surface area (Å²) in [6.45, 7) is 4.16. The van der Waals surface area contributed by atoms with Crippen LogP contribution in [-0.4, -0.2) is 8.56 Å². The molecular weight excluding hydrogens is 396 g/mol. The van der Waals surface area contributed by atoms with Crippen molar-refractivity contribution < 1.29 is 8.85 Å². The number of rotatable bonds is 7. The molecule has 0 heterocycles. The number of para-hydroxylation sites is 1. The Bertz CT molecular complexity index is 1080. The molecule has 0 N–H and O–H groups in total. The normalized spacial score (nSPS) is 10.9. The van der Waals surface area contributed by atoms with E-state index in [1.54, 1.807) is 0 Å². The predicted molar refractivity (Wildman–Crippen MR) is 131 cm³/mol. The molecule has 0 aliphatic carbocycles. The van der Waals surface area contributed by atoms with Crippen molar-refractivity contribution in [2.75, 3.05) is 0 Å². The maximum absolute atomic E-state index is 6.80. The van der Waals surface area contributed by atoms with Gasteiger partial charge in [-0.25, -0.2) is 0 Å². The first-order valence-corrected chi connectivity index (χ1v) is 13.3. The minimum atomic E-state index is -2.58. The van der Waals surface area contributed by atoms with Gasteiger partial charge in [-0.1, -0.05) is 109 Å². The van der Waals surface area contributed by atoms with Crippen molar-refractivity contribution in [1.82, 2.24) is 0 Å². The molecule has 0 spiro atoms. The molecule has 0 unspecified atom stereocenters. The Balaban J connectivity index is 1.87. The Kier molecular flexibility index (Phi) is 6.34. The van der Waals surface area contributed by atoms with Crippen molar-refractivity contribution in [3.05, 3.63) is 138 Å². The number of hydrogen-bond donors (Lipinski definition) is 0. The van der Waals surface area contributed by atoms with Gasteiger partial charge in [0.25, 0.3) is 0 Å². The lowest BCUT2D eigenvalue weighted by molar-refractivity contribution is 0.376. The molecule has 0 aromatic heterocycles. The molecule has 0 saturated carbocycles. The van der Waals surface area contributed by atoms with Crippen molar-refractivity contribution >= 4 is 19.9 Å². The molecule has 0 atom stereocenters. The van der Waals surface area contributed by atoms with Crippen molar-refractivity contribution in [1.29, 1.82) is 0 Å². The fourth-order valence-electron chi connectivity index (χ4n) is 3.52. The highest BCUT2D eigenvalue weighted by Gasteiger charge is 2.32. The summed E-state index contributed by atoms with van der Waals surface area (Å²) in [5.74, 6) is 1.66. The van der Waals surface area contributed by atoms with Gasteiger partial charge in [0.2, 0.25) is 0 Å². The first-order valence-electron chi connectivity index (χ1n) is 10.5. The van der Waals surface area contributed by atoms with E-state index in [2.05, 4.69) is 73.8 Å². The standard InChI is InChI=1S/C28H26O2Si/c1-31(2,29-26-21-13-6-14-22-26)30-28(25-19-11-5-12-20-25)27(23-15-7-3-8-16-23)24-17-9-4-10-18-24/h3-22H,1-2H3. The van der Waals surface area contributed by atoms with E-state index in [1.807, 2.05) is 60.7 Å². The van der Waals surface area contributed by atoms with Crippen LogP contribution in [0.5, 0.6) is 5.75 Å². The molecule has 154 valence electrons. The molecule has 31 heavy (non-hydrogen) atoms. The second kappa shape index (κ2) is 9.50. The van der Waals surface area contributed by atoms with Crippen LogP contribution in [0.4, 0.5) is 0 Å². The van der Waals surface area contributed by atoms with Crippen molar-refractivity contribution in [3.63, 3.8) is 0 Å². The number of hydrogen-bond acceptors (Lipinski definition) is 2. The minimum absolute atomic E-state index is 0.826. The van der Waals surface area contributed by atoms with Crippen LogP contribution < -0.4 is 4.43 Å². The average molecular weight is 423 g/mol. The summed E-state index contributed by atoms with van der Waals surface area (Å²) >= 11 is 0. The van der Waals surface area contributed by atoms with Crippen molar-refractivity contribution in [2.45, 2.75) is 13.1 Å². The van der Waals surface area contributed by atoms with E-state index in [9.17, 15) is 0 Å². The Morgan fingerprint density at radius 2 is 0.903 bits per heavy atom. The highest BCUT2D eigenvalue weighted by molar-refractivity contribution is 6.66. The lowest BCUT2D eigenvalue weighted by atomic mass is 9.94. The Labute approximate surface area is 185 Å². The fourth-order valence-corrected chi connectivity index (χ4v) is 4.98. The van der Waals surface area contributed by atoms with E-state index in [-0.39, 0.29) is 0 Å². The van der Waals surface area contributed by atoms with Gasteiger partial charge in [-0.3, -0.25) is 0 Å². The lowest BCUT2D eigenvalue weighted by Gasteiger charge is -2.28. The number of benzene rings is 4. The highest BCUT2D eigenvalue weighted by atomic mass is 28.4. The summed E-state index contributed by atoms with van der Waals surface area (Å²) in [6.07, 6.45) is 0. The third-order valence-corrected chi connectivity index (χ3v) is 6.27. The second-order valence-electron chi connectivity index (χ2n) is 7.72. The SMILES string of the molecule is C[Si](C)(OC(=C(c1ccccc1)c1ccccc1)c1ccccc1)Oc1ccccc1. The maximum atomic E-state index is 6.80. The monoisotopic (exact) mass is 422 g/mol. The molecule has 3 heteroatoms. The summed E-state index contributed by atoms with van der Waals surface area (Å²) in [5, 5.41) is 0. The van der Waals surface area contributed by atoms with Crippen LogP contribution in [0.15, 0.2) is 121 Å². The lowest BCUT2D eigenvalue weighted by Crippen LogP contribution is -2.38. The molecule has 4 aromatic rings. The van der Waals surface area contributed by atoms with Gasteiger partial charge < -0.3 is 8.85 Å². The van der Waals surface area contributed by atoms with Crippen LogP contribution in [-0.2, 0) is 4.43 Å². The molecule has 0 amide bonds. The van der Waals surface area contributed by atoms with Crippen LogP contribution in [0.1, 0.15) is 16.7 Å². The molecule has 0 saturated heterocycles. The molecule has 0 fully saturated rings. The van der Waals surface area contributed by atoms with Gasteiger partial charge >= 0.3 is 8.56 Å². The molecule has 4 aromatic carbocycles. The van der Waals surface area contributed by atoms with Gasteiger partial charge in [0.05, 0.1) is 0 Å².